The van der Waals surface area contributed by atoms with E-state index in [2.05, 4.69) is 10.2 Å². The van der Waals surface area contributed by atoms with Crippen molar-refractivity contribution in [2.45, 2.75) is 6.92 Å². The Morgan fingerprint density at radius 1 is 1.00 bits per heavy atom. The molecule has 13 heavy (non-hydrogen) atoms. The Morgan fingerprint density at radius 2 is 1.69 bits per heavy atom. The van der Waals surface area contributed by atoms with Crippen LogP contribution in [0.5, 0.6) is 11.5 Å². The van der Waals surface area contributed by atoms with Crippen molar-refractivity contribution in [3.8, 4) is 11.5 Å². The first-order chi connectivity index (χ1) is 6.16. The minimum atomic E-state index is -0.175. The SMILES string of the molecule is Cc1cc2cc(O)c(O)cc2nn1. The van der Waals surface area contributed by atoms with E-state index in [1.54, 1.807) is 6.07 Å². The lowest BCUT2D eigenvalue weighted by atomic mass is 10.2. The van der Waals surface area contributed by atoms with E-state index in [0.29, 0.717) is 5.52 Å². The first-order valence-corrected chi connectivity index (χ1v) is 3.83. The summed E-state index contributed by atoms with van der Waals surface area (Å²) in [6, 6.07) is 4.64. The minimum absolute atomic E-state index is 0.139. The van der Waals surface area contributed by atoms with Crippen LogP contribution in [0.3, 0.4) is 0 Å². The van der Waals surface area contributed by atoms with Gasteiger partial charge in [-0.1, -0.05) is 0 Å². The fourth-order valence-corrected chi connectivity index (χ4v) is 1.17. The topological polar surface area (TPSA) is 66.2 Å². The second-order valence-corrected chi connectivity index (χ2v) is 2.89. The van der Waals surface area contributed by atoms with Crippen LogP contribution in [0.4, 0.5) is 0 Å². The van der Waals surface area contributed by atoms with Crippen molar-refractivity contribution in [2.24, 2.45) is 0 Å². The average molecular weight is 176 g/mol. The van der Waals surface area contributed by atoms with Crippen LogP contribution >= 0.6 is 0 Å². The van der Waals surface area contributed by atoms with Crippen molar-refractivity contribution in [3.05, 3.63) is 23.9 Å². The molecule has 0 aliphatic rings. The van der Waals surface area contributed by atoms with E-state index >= 15 is 0 Å². The maximum atomic E-state index is 9.21. The van der Waals surface area contributed by atoms with Gasteiger partial charge in [-0.15, -0.1) is 0 Å². The zero-order valence-electron chi connectivity index (χ0n) is 7.02. The quantitative estimate of drug-likeness (QED) is 0.594. The fraction of sp³-hybridized carbons (Fsp3) is 0.111. The summed E-state index contributed by atoms with van der Waals surface area (Å²) in [6.07, 6.45) is 0. The normalized spacial score (nSPS) is 10.5. The molecule has 0 saturated carbocycles. The van der Waals surface area contributed by atoms with E-state index < -0.39 is 0 Å². The number of aromatic hydroxyl groups is 2. The van der Waals surface area contributed by atoms with E-state index in [1.165, 1.54) is 12.1 Å². The van der Waals surface area contributed by atoms with Gasteiger partial charge in [-0.05, 0) is 19.1 Å². The molecule has 1 aromatic carbocycles. The zero-order chi connectivity index (χ0) is 9.42. The van der Waals surface area contributed by atoms with Crippen molar-refractivity contribution in [1.82, 2.24) is 10.2 Å². The van der Waals surface area contributed by atoms with Crippen molar-refractivity contribution >= 4 is 10.9 Å². The Balaban J connectivity index is 2.81. The molecule has 0 amide bonds. The Morgan fingerprint density at radius 3 is 2.46 bits per heavy atom. The minimum Gasteiger partial charge on any atom is -0.504 e. The molecular formula is C9H8N2O2. The highest BCUT2D eigenvalue weighted by molar-refractivity contribution is 5.82. The molecule has 4 nitrogen and oxygen atoms in total. The molecule has 0 aliphatic carbocycles. The van der Waals surface area contributed by atoms with E-state index in [4.69, 9.17) is 5.11 Å². The van der Waals surface area contributed by atoms with Crippen molar-refractivity contribution in [1.29, 1.82) is 0 Å². The van der Waals surface area contributed by atoms with Crippen LogP contribution in [0, 0.1) is 6.92 Å². The molecule has 0 aliphatic heterocycles. The maximum Gasteiger partial charge on any atom is 0.159 e. The lowest BCUT2D eigenvalue weighted by Crippen LogP contribution is -1.87. The van der Waals surface area contributed by atoms with Crippen molar-refractivity contribution < 1.29 is 10.2 Å². The van der Waals surface area contributed by atoms with Gasteiger partial charge in [0.05, 0.1) is 11.2 Å². The number of phenolic OH excluding ortho intramolecular Hbond substituents is 2. The van der Waals surface area contributed by atoms with Gasteiger partial charge in [-0.25, -0.2) is 0 Å². The van der Waals surface area contributed by atoms with Crippen LogP contribution in [-0.2, 0) is 0 Å². The number of benzene rings is 1. The van der Waals surface area contributed by atoms with Gasteiger partial charge in [0.15, 0.2) is 11.5 Å². The second-order valence-electron chi connectivity index (χ2n) is 2.89. The zero-order valence-corrected chi connectivity index (χ0v) is 7.02. The summed E-state index contributed by atoms with van der Waals surface area (Å²) in [5.41, 5.74) is 1.35. The first-order valence-electron chi connectivity index (χ1n) is 3.83. The lowest BCUT2D eigenvalue weighted by Gasteiger charge is -2.00. The second kappa shape index (κ2) is 2.58. The molecule has 2 aromatic rings. The Labute approximate surface area is 74.5 Å². The first kappa shape index (κ1) is 7.79. The third-order valence-electron chi connectivity index (χ3n) is 1.80. The number of aryl methyl sites for hydroxylation is 1. The molecule has 2 rings (SSSR count). The third-order valence-corrected chi connectivity index (χ3v) is 1.80. The Hall–Kier alpha value is -1.84. The Bertz CT molecular complexity index is 468. The van der Waals surface area contributed by atoms with Gasteiger partial charge in [0.25, 0.3) is 0 Å². The van der Waals surface area contributed by atoms with E-state index in [-0.39, 0.29) is 11.5 Å². The van der Waals surface area contributed by atoms with Gasteiger partial charge in [-0.3, -0.25) is 0 Å². The molecular weight excluding hydrogens is 168 g/mol. The van der Waals surface area contributed by atoms with E-state index in [9.17, 15) is 5.11 Å². The van der Waals surface area contributed by atoms with Crippen LogP contribution in [0.15, 0.2) is 18.2 Å². The van der Waals surface area contributed by atoms with Gasteiger partial charge in [0.1, 0.15) is 0 Å². The monoisotopic (exact) mass is 176 g/mol. The predicted molar refractivity (Wildman–Crippen MR) is 47.6 cm³/mol. The molecule has 0 unspecified atom stereocenters. The van der Waals surface area contributed by atoms with Crippen molar-refractivity contribution in [3.63, 3.8) is 0 Å². The van der Waals surface area contributed by atoms with E-state index in [0.717, 1.165) is 11.1 Å². The molecule has 2 N–H and O–H groups in total. The molecule has 1 heterocycles. The third kappa shape index (κ3) is 1.26. The molecule has 66 valence electrons. The molecule has 0 atom stereocenters. The molecule has 0 saturated heterocycles. The summed E-state index contributed by atoms with van der Waals surface area (Å²) < 4.78 is 0. The van der Waals surface area contributed by atoms with E-state index in [1.807, 2.05) is 6.92 Å². The number of aromatic nitrogens is 2. The van der Waals surface area contributed by atoms with Crippen LogP contribution < -0.4 is 0 Å². The number of hydrogen-bond acceptors (Lipinski definition) is 4. The number of rotatable bonds is 0. The summed E-state index contributed by atoms with van der Waals surface area (Å²) in [4.78, 5) is 0. The summed E-state index contributed by atoms with van der Waals surface area (Å²) in [5, 5.41) is 26.8. The standard InChI is InChI=1S/C9H8N2O2/c1-5-2-6-3-8(12)9(13)4-7(6)11-10-5/h2-4,12-13H,1H3. The highest BCUT2D eigenvalue weighted by Crippen LogP contribution is 2.28. The van der Waals surface area contributed by atoms with Crippen molar-refractivity contribution in [2.75, 3.05) is 0 Å². The highest BCUT2D eigenvalue weighted by Gasteiger charge is 2.03. The number of hydrogen-bond donors (Lipinski definition) is 2. The molecule has 0 radical (unpaired) electrons. The number of phenols is 2. The van der Waals surface area contributed by atoms with Gasteiger partial charge in [-0.2, -0.15) is 10.2 Å². The maximum absolute atomic E-state index is 9.21. The Kier molecular flexibility index (Phi) is 1.55. The summed E-state index contributed by atoms with van der Waals surface area (Å²) >= 11 is 0. The van der Waals surface area contributed by atoms with Crippen LogP contribution in [0.1, 0.15) is 5.69 Å². The van der Waals surface area contributed by atoms with Crippen LogP contribution in [-0.4, -0.2) is 20.4 Å². The molecule has 4 heteroatoms. The highest BCUT2D eigenvalue weighted by atomic mass is 16.3. The lowest BCUT2D eigenvalue weighted by molar-refractivity contribution is 0.404. The molecule has 0 bridgehead atoms. The van der Waals surface area contributed by atoms with Crippen LogP contribution in [0.25, 0.3) is 10.9 Å². The summed E-state index contributed by atoms with van der Waals surface area (Å²) in [5.74, 6) is -0.314. The van der Waals surface area contributed by atoms with Crippen LogP contribution in [0.2, 0.25) is 0 Å². The summed E-state index contributed by atoms with van der Waals surface area (Å²) in [6.45, 7) is 1.82. The number of nitrogens with zero attached hydrogens (tertiary/aromatic N) is 2. The molecule has 0 fully saturated rings. The molecule has 1 aromatic heterocycles. The average Bonchev–Trinajstić information content (AvgIpc) is 2.08. The summed E-state index contributed by atoms with van der Waals surface area (Å²) in [7, 11) is 0. The van der Waals surface area contributed by atoms with Gasteiger partial charge in [0.2, 0.25) is 0 Å². The molecule has 0 spiro atoms. The van der Waals surface area contributed by atoms with Gasteiger partial charge < -0.3 is 10.2 Å². The number of fused-ring (bicyclic) bond motifs is 1. The predicted octanol–water partition coefficient (Wildman–Crippen LogP) is 1.35. The van der Waals surface area contributed by atoms with Gasteiger partial charge >= 0.3 is 0 Å². The largest absolute Gasteiger partial charge is 0.504 e. The fourth-order valence-electron chi connectivity index (χ4n) is 1.17. The smallest absolute Gasteiger partial charge is 0.159 e. The van der Waals surface area contributed by atoms with Gasteiger partial charge in [0, 0.05) is 11.5 Å².